The number of ether oxygens (including phenoxy) is 2. The Bertz CT molecular complexity index is 880. The first-order valence-electron chi connectivity index (χ1n) is 9.11. The molecule has 1 saturated heterocycles. The van der Waals surface area contributed by atoms with Crippen LogP contribution in [-0.2, 0) is 6.54 Å². The van der Waals surface area contributed by atoms with E-state index in [1.54, 1.807) is 13.3 Å². The van der Waals surface area contributed by atoms with Crippen LogP contribution in [0.2, 0.25) is 0 Å². The second-order valence-corrected chi connectivity index (χ2v) is 6.65. The van der Waals surface area contributed by atoms with Crippen molar-refractivity contribution in [3.63, 3.8) is 0 Å². The summed E-state index contributed by atoms with van der Waals surface area (Å²) in [6, 6.07) is 9.51. The highest BCUT2D eigenvalue weighted by Crippen LogP contribution is 2.32. The standard InChI is InChI=1S/C20H23N5O2/c1-14-12-19(27-16-7-5-15(26-2)6-8-16)24-20(23-14)17-4-3-11-25(17)13-18-21-9-10-22-18/h5-10,12,17H,3-4,11,13H2,1-2H3,(H,21,22)/t17-/m1/s1. The Balaban J connectivity index is 1.54. The molecule has 4 rings (SSSR count). The Kier molecular flexibility index (Phi) is 5.02. The Morgan fingerprint density at radius 3 is 2.74 bits per heavy atom. The van der Waals surface area contributed by atoms with Gasteiger partial charge in [-0.15, -0.1) is 0 Å². The lowest BCUT2D eigenvalue weighted by Crippen LogP contribution is -2.25. The van der Waals surface area contributed by atoms with Gasteiger partial charge in [-0.25, -0.2) is 9.97 Å². The van der Waals surface area contributed by atoms with E-state index in [4.69, 9.17) is 14.5 Å². The average molecular weight is 365 g/mol. The lowest BCUT2D eigenvalue weighted by Gasteiger charge is -2.22. The van der Waals surface area contributed by atoms with Crippen LogP contribution in [0.1, 0.15) is 36.2 Å². The molecule has 0 bridgehead atoms. The molecule has 1 aliphatic rings. The number of aromatic nitrogens is 4. The first-order valence-corrected chi connectivity index (χ1v) is 9.11. The summed E-state index contributed by atoms with van der Waals surface area (Å²) < 4.78 is 11.1. The number of nitrogens with one attached hydrogen (secondary N) is 1. The first kappa shape index (κ1) is 17.5. The van der Waals surface area contributed by atoms with Crippen molar-refractivity contribution in [2.75, 3.05) is 13.7 Å². The molecule has 0 aliphatic carbocycles. The lowest BCUT2D eigenvalue weighted by atomic mass is 10.2. The maximum atomic E-state index is 5.96. The number of benzene rings is 1. The largest absolute Gasteiger partial charge is 0.497 e. The van der Waals surface area contributed by atoms with Crippen molar-refractivity contribution in [3.05, 3.63) is 60.1 Å². The predicted molar refractivity (Wildman–Crippen MR) is 101 cm³/mol. The van der Waals surface area contributed by atoms with Gasteiger partial charge in [0.1, 0.15) is 23.1 Å². The fourth-order valence-corrected chi connectivity index (χ4v) is 3.41. The maximum Gasteiger partial charge on any atom is 0.222 e. The van der Waals surface area contributed by atoms with Crippen LogP contribution in [0.25, 0.3) is 0 Å². The van der Waals surface area contributed by atoms with E-state index in [2.05, 4.69) is 19.9 Å². The molecule has 3 aromatic rings. The molecule has 1 aromatic carbocycles. The number of nitrogens with zero attached hydrogens (tertiary/aromatic N) is 4. The van der Waals surface area contributed by atoms with Crippen LogP contribution < -0.4 is 9.47 Å². The number of aromatic amines is 1. The second-order valence-electron chi connectivity index (χ2n) is 6.65. The number of methoxy groups -OCH3 is 1. The molecule has 0 radical (unpaired) electrons. The van der Waals surface area contributed by atoms with E-state index < -0.39 is 0 Å². The summed E-state index contributed by atoms with van der Waals surface area (Å²) in [4.78, 5) is 19.3. The number of hydrogen-bond donors (Lipinski definition) is 1. The molecule has 1 atom stereocenters. The van der Waals surface area contributed by atoms with Gasteiger partial charge in [-0.1, -0.05) is 0 Å². The van der Waals surface area contributed by atoms with E-state index in [0.29, 0.717) is 5.88 Å². The maximum absolute atomic E-state index is 5.96. The Labute approximate surface area is 158 Å². The van der Waals surface area contributed by atoms with Crippen molar-refractivity contribution in [2.24, 2.45) is 0 Å². The number of aryl methyl sites for hydroxylation is 1. The van der Waals surface area contributed by atoms with Crippen LogP contribution in [0.15, 0.2) is 42.7 Å². The molecule has 0 saturated carbocycles. The summed E-state index contributed by atoms with van der Waals surface area (Å²) in [5, 5.41) is 0. The van der Waals surface area contributed by atoms with Gasteiger partial charge >= 0.3 is 0 Å². The van der Waals surface area contributed by atoms with E-state index in [-0.39, 0.29) is 6.04 Å². The molecule has 2 aromatic heterocycles. The van der Waals surface area contributed by atoms with Crippen molar-refractivity contribution in [1.29, 1.82) is 0 Å². The summed E-state index contributed by atoms with van der Waals surface area (Å²) in [5.41, 5.74) is 0.897. The molecule has 140 valence electrons. The molecular formula is C20H23N5O2. The zero-order valence-electron chi connectivity index (χ0n) is 15.6. The highest BCUT2D eigenvalue weighted by Gasteiger charge is 2.29. The van der Waals surface area contributed by atoms with Gasteiger partial charge in [0, 0.05) is 24.2 Å². The minimum atomic E-state index is 0.174. The first-order chi connectivity index (χ1) is 13.2. The van der Waals surface area contributed by atoms with Gasteiger partial charge in [0.2, 0.25) is 5.88 Å². The molecule has 1 N–H and O–H groups in total. The van der Waals surface area contributed by atoms with Gasteiger partial charge in [0.25, 0.3) is 0 Å². The monoisotopic (exact) mass is 365 g/mol. The molecule has 1 aliphatic heterocycles. The fourth-order valence-electron chi connectivity index (χ4n) is 3.41. The van der Waals surface area contributed by atoms with Crippen molar-refractivity contribution in [3.8, 4) is 17.4 Å². The SMILES string of the molecule is COc1ccc(Oc2cc(C)nc([C@H]3CCCN3Cc3ncc[nH]3)n2)cc1. The van der Waals surface area contributed by atoms with Crippen LogP contribution in [0.3, 0.4) is 0 Å². The molecule has 0 spiro atoms. The van der Waals surface area contributed by atoms with Crippen LogP contribution >= 0.6 is 0 Å². The normalized spacial score (nSPS) is 17.2. The zero-order valence-corrected chi connectivity index (χ0v) is 15.6. The minimum absolute atomic E-state index is 0.174. The zero-order chi connectivity index (χ0) is 18.6. The topological polar surface area (TPSA) is 76.2 Å². The summed E-state index contributed by atoms with van der Waals surface area (Å²) in [6.07, 6.45) is 5.79. The fraction of sp³-hybridized carbons (Fsp3) is 0.350. The molecule has 1 fully saturated rings. The Morgan fingerprint density at radius 1 is 1.19 bits per heavy atom. The van der Waals surface area contributed by atoms with Gasteiger partial charge < -0.3 is 14.5 Å². The number of likely N-dealkylation sites (tertiary alicyclic amines) is 1. The average Bonchev–Trinajstić information content (AvgIpc) is 3.34. The molecule has 0 unspecified atom stereocenters. The molecule has 3 heterocycles. The predicted octanol–water partition coefficient (Wildman–Crippen LogP) is 3.65. The third kappa shape index (κ3) is 4.09. The van der Waals surface area contributed by atoms with Crippen LogP contribution in [0.4, 0.5) is 0 Å². The number of hydrogen-bond acceptors (Lipinski definition) is 6. The highest BCUT2D eigenvalue weighted by molar-refractivity contribution is 5.34. The van der Waals surface area contributed by atoms with E-state index in [9.17, 15) is 0 Å². The third-order valence-electron chi connectivity index (χ3n) is 4.70. The highest BCUT2D eigenvalue weighted by atomic mass is 16.5. The van der Waals surface area contributed by atoms with Crippen LogP contribution in [0, 0.1) is 6.92 Å². The third-order valence-corrected chi connectivity index (χ3v) is 4.70. The Hall–Kier alpha value is -2.93. The van der Waals surface area contributed by atoms with Crippen LogP contribution in [0.5, 0.6) is 17.4 Å². The number of H-pyrrole nitrogens is 1. The summed E-state index contributed by atoms with van der Waals surface area (Å²) in [6.45, 7) is 3.75. The summed E-state index contributed by atoms with van der Waals surface area (Å²) >= 11 is 0. The molecule has 27 heavy (non-hydrogen) atoms. The summed E-state index contributed by atoms with van der Waals surface area (Å²) in [7, 11) is 1.64. The van der Waals surface area contributed by atoms with Gasteiger partial charge in [-0.3, -0.25) is 4.90 Å². The van der Waals surface area contributed by atoms with E-state index in [1.807, 2.05) is 43.5 Å². The lowest BCUT2D eigenvalue weighted by molar-refractivity contribution is 0.233. The van der Waals surface area contributed by atoms with Crippen molar-refractivity contribution in [1.82, 2.24) is 24.8 Å². The van der Waals surface area contributed by atoms with Gasteiger partial charge in [0.05, 0.1) is 19.7 Å². The molecule has 7 heteroatoms. The van der Waals surface area contributed by atoms with Crippen molar-refractivity contribution >= 4 is 0 Å². The van der Waals surface area contributed by atoms with Crippen molar-refractivity contribution < 1.29 is 9.47 Å². The quantitative estimate of drug-likeness (QED) is 0.719. The molecular weight excluding hydrogens is 342 g/mol. The van der Waals surface area contributed by atoms with Crippen molar-refractivity contribution in [2.45, 2.75) is 32.4 Å². The molecule has 0 amide bonds. The number of imidazole rings is 1. The second kappa shape index (κ2) is 7.75. The van der Waals surface area contributed by atoms with Gasteiger partial charge in [0.15, 0.2) is 0 Å². The van der Waals surface area contributed by atoms with Gasteiger partial charge in [-0.2, -0.15) is 4.98 Å². The smallest absolute Gasteiger partial charge is 0.222 e. The molecule has 7 nitrogen and oxygen atoms in total. The van der Waals surface area contributed by atoms with Crippen LogP contribution in [-0.4, -0.2) is 38.5 Å². The van der Waals surface area contributed by atoms with E-state index >= 15 is 0 Å². The minimum Gasteiger partial charge on any atom is -0.497 e. The van der Waals surface area contributed by atoms with E-state index in [1.165, 1.54) is 0 Å². The van der Waals surface area contributed by atoms with Gasteiger partial charge in [-0.05, 0) is 50.6 Å². The number of rotatable bonds is 6. The Morgan fingerprint density at radius 2 is 2.00 bits per heavy atom. The van der Waals surface area contributed by atoms with E-state index in [0.717, 1.165) is 54.8 Å². The summed E-state index contributed by atoms with van der Waals surface area (Å²) in [5.74, 6) is 3.85.